The summed E-state index contributed by atoms with van der Waals surface area (Å²) in [6.07, 6.45) is -0.175. The number of anilines is 2. The predicted octanol–water partition coefficient (Wildman–Crippen LogP) is 4.60. The number of carboxylic acid groups (broad SMARTS) is 1. The lowest BCUT2D eigenvalue weighted by molar-refractivity contribution is -0.125. The third kappa shape index (κ3) is 2.48. The summed E-state index contributed by atoms with van der Waals surface area (Å²) in [7, 11) is 0. The van der Waals surface area contributed by atoms with E-state index in [1.807, 2.05) is 0 Å². The fraction of sp³-hybridized carbons (Fsp3) is 0.0952. The highest BCUT2D eigenvalue weighted by molar-refractivity contribution is 9.10. The smallest absolute Gasteiger partial charge is 0.346 e. The molecule has 9 heteroatoms. The first kappa shape index (κ1) is 19.0. The van der Waals surface area contributed by atoms with Crippen LogP contribution in [0.1, 0.15) is 26.5 Å². The molecule has 150 valence electrons. The Balaban J connectivity index is 1.88. The van der Waals surface area contributed by atoms with Crippen molar-refractivity contribution in [3.8, 4) is 11.1 Å². The zero-order valence-electron chi connectivity index (χ0n) is 15.1. The highest BCUT2D eigenvalue weighted by atomic mass is 79.9. The topological polar surface area (TPSA) is 95.5 Å². The fourth-order valence-corrected chi connectivity index (χ4v) is 5.83. The molecule has 0 saturated heterocycles. The molecule has 3 aromatic rings. The summed E-state index contributed by atoms with van der Waals surface area (Å²) in [6, 6.07) is 11.0. The van der Waals surface area contributed by atoms with Crippen LogP contribution in [0, 0.1) is 5.82 Å². The van der Waals surface area contributed by atoms with Gasteiger partial charge in [0.1, 0.15) is 16.1 Å². The molecule has 2 aromatic carbocycles. The van der Waals surface area contributed by atoms with Gasteiger partial charge in [-0.1, -0.05) is 34.1 Å². The number of amides is 2. The van der Waals surface area contributed by atoms with Crippen LogP contribution in [-0.4, -0.2) is 22.9 Å². The van der Waals surface area contributed by atoms with E-state index >= 15 is 0 Å². The Bertz CT molecular complexity index is 1290. The van der Waals surface area contributed by atoms with Crippen LogP contribution in [0.2, 0.25) is 0 Å². The molecule has 1 atom stereocenters. The summed E-state index contributed by atoms with van der Waals surface area (Å²) in [5, 5.41) is 15.3. The van der Waals surface area contributed by atoms with Gasteiger partial charge in [-0.15, -0.1) is 11.3 Å². The molecule has 1 aromatic heterocycles. The molecular weight excluding hydrogens is 475 g/mol. The van der Waals surface area contributed by atoms with Gasteiger partial charge < -0.3 is 15.7 Å². The molecule has 3 N–H and O–H groups in total. The first-order valence-electron chi connectivity index (χ1n) is 8.89. The van der Waals surface area contributed by atoms with E-state index < -0.39 is 29.0 Å². The van der Waals surface area contributed by atoms with E-state index in [9.17, 15) is 23.9 Å². The Morgan fingerprint density at radius 3 is 2.67 bits per heavy atom. The van der Waals surface area contributed by atoms with Gasteiger partial charge in [-0.05, 0) is 29.8 Å². The van der Waals surface area contributed by atoms with Crippen LogP contribution in [0.3, 0.4) is 0 Å². The molecule has 2 amide bonds. The maximum atomic E-state index is 14.6. The lowest BCUT2D eigenvalue weighted by atomic mass is 9.74. The van der Waals surface area contributed by atoms with Gasteiger partial charge in [0.25, 0.3) is 0 Å². The third-order valence-corrected chi connectivity index (χ3v) is 7.23. The van der Waals surface area contributed by atoms with E-state index in [1.165, 1.54) is 18.2 Å². The van der Waals surface area contributed by atoms with Crippen molar-refractivity contribution in [3.63, 3.8) is 0 Å². The average molecular weight is 487 g/mol. The molecule has 2 aliphatic rings. The standard InChI is InChI=1S/C21H12BrFN2O4S/c22-9-5-6-13-11(7-9)21(20(29)24-13)8-14(26)25-16-15(10-3-1-2-4-12(10)23)17(19(27)28)30-18(16)21/h1-7H,8H2,(H,24,29)(H,25,26)(H,27,28). The molecule has 2 aliphatic heterocycles. The SMILES string of the molecule is O=C1CC2(C(=O)Nc3ccc(Br)cc32)c2sc(C(=O)O)c(-c3ccccc3F)c2N1. The van der Waals surface area contributed by atoms with Crippen LogP contribution < -0.4 is 10.6 Å². The van der Waals surface area contributed by atoms with E-state index in [4.69, 9.17) is 0 Å². The van der Waals surface area contributed by atoms with E-state index in [0.29, 0.717) is 20.6 Å². The third-order valence-electron chi connectivity index (χ3n) is 5.40. The second-order valence-corrected chi connectivity index (χ2v) is 9.01. The lowest BCUT2D eigenvalue weighted by Gasteiger charge is -2.31. The maximum Gasteiger partial charge on any atom is 0.346 e. The number of carbonyl (C=O) groups is 3. The van der Waals surface area contributed by atoms with Gasteiger partial charge in [0.05, 0.1) is 17.0 Å². The number of benzene rings is 2. The number of hydrogen-bond donors (Lipinski definition) is 3. The highest BCUT2D eigenvalue weighted by Crippen LogP contribution is 2.56. The van der Waals surface area contributed by atoms with Gasteiger partial charge in [-0.2, -0.15) is 0 Å². The largest absolute Gasteiger partial charge is 0.477 e. The van der Waals surface area contributed by atoms with Crippen molar-refractivity contribution in [2.45, 2.75) is 11.8 Å². The summed E-state index contributed by atoms with van der Waals surface area (Å²) in [5.41, 5.74) is 0.0521. The minimum absolute atomic E-state index is 0.0534. The monoisotopic (exact) mass is 486 g/mol. The molecule has 1 unspecified atom stereocenters. The van der Waals surface area contributed by atoms with E-state index in [2.05, 4.69) is 26.6 Å². The number of thiophene rings is 1. The second-order valence-electron chi connectivity index (χ2n) is 7.07. The second kappa shape index (κ2) is 6.48. The van der Waals surface area contributed by atoms with E-state index in [0.717, 1.165) is 11.3 Å². The normalized spacial score (nSPS) is 19.3. The van der Waals surface area contributed by atoms with Gasteiger partial charge in [0, 0.05) is 21.3 Å². The predicted molar refractivity (Wildman–Crippen MR) is 113 cm³/mol. The maximum absolute atomic E-state index is 14.6. The molecule has 0 bridgehead atoms. The molecule has 6 nitrogen and oxygen atoms in total. The Morgan fingerprint density at radius 2 is 1.93 bits per heavy atom. The number of fused-ring (bicyclic) bond motifs is 4. The quantitative estimate of drug-likeness (QED) is 0.493. The summed E-state index contributed by atoms with van der Waals surface area (Å²) >= 11 is 4.29. The van der Waals surface area contributed by atoms with E-state index in [-0.39, 0.29) is 28.1 Å². The summed E-state index contributed by atoms with van der Waals surface area (Å²) in [5.74, 6) is -2.74. The molecule has 5 rings (SSSR count). The number of nitrogens with one attached hydrogen (secondary N) is 2. The van der Waals surface area contributed by atoms with Crippen molar-refractivity contribution in [2.75, 3.05) is 10.6 Å². The van der Waals surface area contributed by atoms with Crippen molar-refractivity contribution in [1.29, 1.82) is 0 Å². The Kier molecular flexibility index (Phi) is 4.09. The van der Waals surface area contributed by atoms with Crippen molar-refractivity contribution in [3.05, 3.63) is 68.1 Å². The van der Waals surface area contributed by atoms with Crippen molar-refractivity contribution >= 4 is 56.4 Å². The Morgan fingerprint density at radius 1 is 1.17 bits per heavy atom. The van der Waals surface area contributed by atoms with Gasteiger partial charge in [0.2, 0.25) is 11.8 Å². The molecule has 0 radical (unpaired) electrons. The van der Waals surface area contributed by atoms with E-state index in [1.54, 1.807) is 24.3 Å². The summed E-state index contributed by atoms with van der Waals surface area (Å²) in [6.45, 7) is 0. The molecule has 3 heterocycles. The molecule has 0 aliphatic carbocycles. The molecule has 1 spiro atoms. The van der Waals surface area contributed by atoms with Crippen LogP contribution in [0.4, 0.5) is 15.8 Å². The minimum atomic E-state index is -1.38. The van der Waals surface area contributed by atoms with Gasteiger partial charge >= 0.3 is 5.97 Å². The minimum Gasteiger partial charge on any atom is -0.477 e. The van der Waals surface area contributed by atoms with Crippen molar-refractivity contribution in [1.82, 2.24) is 0 Å². The van der Waals surface area contributed by atoms with Crippen LogP contribution in [0.5, 0.6) is 0 Å². The first-order valence-corrected chi connectivity index (χ1v) is 10.5. The summed E-state index contributed by atoms with van der Waals surface area (Å²) in [4.78, 5) is 38.2. The Labute approximate surface area is 181 Å². The zero-order chi connectivity index (χ0) is 21.2. The van der Waals surface area contributed by atoms with Crippen LogP contribution in [0.15, 0.2) is 46.9 Å². The van der Waals surface area contributed by atoms with Gasteiger partial charge in [0.15, 0.2) is 0 Å². The number of hydrogen-bond acceptors (Lipinski definition) is 4. The zero-order valence-corrected chi connectivity index (χ0v) is 17.5. The number of carboxylic acids is 1. The Hall–Kier alpha value is -3.04. The molecule has 30 heavy (non-hydrogen) atoms. The summed E-state index contributed by atoms with van der Waals surface area (Å²) < 4.78 is 15.3. The number of carbonyl (C=O) groups excluding carboxylic acids is 2. The van der Waals surface area contributed by atoms with Crippen molar-refractivity contribution in [2.24, 2.45) is 0 Å². The van der Waals surface area contributed by atoms with Crippen LogP contribution in [-0.2, 0) is 15.0 Å². The number of halogens is 2. The molecular formula is C21H12BrFN2O4S. The number of rotatable bonds is 2. The van der Waals surface area contributed by atoms with Crippen molar-refractivity contribution < 1.29 is 23.9 Å². The van der Waals surface area contributed by atoms with Gasteiger partial charge in [-0.3, -0.25) is 9.59 Å². The highest BCUT2D eigenvalue weighted by Gasteiger charge is 2.55. The average Bonchev–Trinajstić information content (AvgIpc) is 3.20. The first-order chi connectivity index (χ1) is 14.3. The molecule has 0 fully saturated rings. The number of aromatic carboxylic acids is 1. The lowest BCUT2D eigenvalue weighted by Crippen LogP contribution is -2.42. The van der Waals surface area contributed by atoms with Crippen LogP contribution >= 0.6 is 27.3 Å². The van der Waals surface area contributed by atoms with Crippen LogP contribution in [0.25, 0.3) is 11.1 Å². The fourth-order valence-electron chi connectivity index (χ4n) is 4.16. The van der Waals surface area contributed by atoms with Gasteiger partial charge in [-0.25, -0.2) is 9.18 Å². The molecule has 0 saturated carbocycles.